The third kappa shape index (κ3) is 3.51. The summed E-state index contributed by atoms with van der Waals surface area (Å²) >= 11 is 0. The van der Waals surface area contributed by atoms with E-state index in [0.717, 1.165) is 36.8 Å². The molecule has 0 aliphatic heterocycles. The van der Waals surface area contributed by atoms with Crippen LogP contribution in [0.25, 0.3) is 5.69 Å². The Morgan fingerprint density at radius 2 is 2.00 bits per heavy atom. The molecule has 0 aliphatic carbocycles. The molecule has 19 heavy (non-hydrogen) atoms. The number of aromatic nitrogens is 4. The fourth-order valence-electron chi connectivity index (χ4n) is 1.66. The highest BCUT2D eigenvalue weighted by Gasteiger charge is 2.07. The second kappa shape index (κ2) is 6.84. The maximum atomic E-state index is 5.55. The molecule has 0 saturated carbocycles. The van der Waals surface area contributed by atoms with Crippen LogP contribution in [0.5, 0.6) is 5.75 Å². The molecule has 2 aromatic rings. The molecular formula is C13H19N5O. The number of tetrazole rings is 1. The van der Waals surface area contributed by atoms with Crippen molar-refractivity contribution in [2.24, 2.45) is 0 Å². The minimum absolute atomic E-state index is 0.650. The number of hydrogen-bond donors (Lipinski definition) is 1. The van der Waals surface area contributed by atoms with Gasteiger partial charge in [-0.15, -0.1) is 5.10 Å². The number of nitrogens with zero attached hydrogens (tertiary/aromatic N) is 4. The van der Waals surface area contributed by atoms with Gasteiger partial charge in [-0.05, 0) is 47.7 Å². The number of hydrogen-bond acceptors (Lipinski definition) is 5. The van der Waals surface area contributed by atoms with Crippen LogP contribution in [-0.4, -0.2) is 33.4 Å². The van der Waals surface area contributed by atoms with Crippen LogP contribution in [0.2, 0.25) is 0 Å². The second-order valence-corrected chi connectivity index (χ2v) is 4.13. The Morgan fingerprint density at radius 3 is 2.68 bits per heavy atom. The summed E-state index contributed by atoms with van der Waals surface area (Å²) in [5, 5.41) is 14.9. The highest BCUT2D eigenvalue weighted by atomic mass is 16.5. The molecule has 6 heteroatoms. The van der Waals surface area contributed by atoms with Gasteiger partial charge in [0, 0.05) is 0 Å². The molecule has 1 heterocycles. The number of rotatable bonds is 7. The third-order valence-electron chi connectivity index (χ3n) is 2.62. The van der Waals surface area contributed by atoms with Crippen LogP contribution in [0.15, 0.2) is 24.3 Å². The Kier molecular flexibility index (Phi) is 4.85. The standard InChI is InChI=1S/C13H19N5O/c1-3-9-19-12-7-5-11(6-8-12)18-13(10-14-4-2)15-16-17-18/h5-8,14H,3-4,9-10H2,1-2H3. The molecule has 0 radical (unpaired) electrons. The van der Waals surface area contributed by atoms with E-state index < -0.39 is 0 Å². The van der Waals surface area contributed by atoms with Gasteiger partial charge in [0.15, 0.2) is 5.82 Å². The highest BCUT2D eigenvalue weighted by Crippen LogP contribution is 2.15. The predicted molar refractivity (Wildman–Crippen MR) is 72.3 cm³/mol. The van der Waals surface area contributed by atoms with Gasteiger partial charge in [-0.2, -0.15) is 4.68 Å². The van der Waals surface area contributed by atoms with E-state index in [1.165, 1.54) is 0 Å². The molecule has 102 valence electrons. The van der Waals surface area contributed by atoms with Gasteiger partial charge in [0.25, 0.3) is 0 Å². The van der Waals surface area contributed by atoms with Gasteiger partial charge in [-0.3, -0.25) is 0 Å². The van der Waals surface area contributed by atoms with E-state index in [1.807, 2.05) is 31.2 Å². The fourth-order valence-corrected chi connectivity index (χ4v) is 1.66. The Labute approximate surface area is 112 Å². The molecule has 0 spiro atoms. The minimum atomic E-state index is 0.650. The molecule has 0 aliphatic rings. The third-order valence-corrected chi connectivity index (χ3v) is 2.62. The molecule has 0 fully saturated rings. The van der Waals surface area contributed by atoms with E-state index in [1.54, 1.807) is 4.68 Å². The molecule has 0 unspecified atom stereocenters. The summed E-state index contributed by atoms with van der Waals surface area (Å²) < 4.78 is 7.28. The molecule has 1 aromatic heterocycles. The summed E-state index contributed by atoms with van der Waals surface area (Å²) in [6.45, 7) is 6.40. The van der Waals surface area contributed by atoms with Crippen molar-refractivity contribution in [1.82, 2.24) is 25.5 Å². The van der Waals surface area contributed by atoms with Gasteiger partial charge < -0.3 is 10.1 Å². The van der Waals surface area contributed by atoms with Gasteiger partial charge >= 0.3 is 0 Å². The van der Waals surface area contributed by atoms with E-state index in [2.05, 4.69) is 27.8 Å². The van der Waals surface area contributed by atoms with E-state index >= 15 is 0 Å². The lowest BCUT2D eigenvalue weighted by Crippen LogP contribution is -2.16. The lowest BCUT2D eigenvalue weighted by Gasteiger charge is -2.07. The van der Waals surface area contributed by atoms with Gasteiger partial charge in [0.1, 0.15) is 5.75 Å². The van der Waals surface area contributed by atoms with E-state index in [0.29, 0.717) is 6.54 Å². The Bertz CT molecular complexity index is 494. The normalized spacial score (nSPS) is 10.6. The van der Waals surface area contributed by atoms with Crippen molar-refractivity contribution in [3.05, 3.63) is 30.1 Å². The lowest BCUT2D eigenvalue weighted by atomic mass is 10.3. The number of benzene rings is 1. The summed E-state index contributed by atoms with van der Waals surface area (Å²) in [4.78, 5) is 0. The van der Waals surface area contributed by atoms with Gasteiger partial charge in [-0.1, -0.05) is 13.8 Å². The molecule has 0 atom stereocenters. The summed E-state index contributed by atoms with van der Waals surface area (Å²) in [6, 6.07) is 7.78. The lowest BCUT2D eigenvalue weighted by molar-refractivity contribution is 0.317. The molecule has 2 rings (SSSR count). The van der Waals surface area contributed by atoms with Crippen LogP contribution in [0.3, 0.4) is 0 Å². The second-order valence-electron chi connectivity index (χ2n) is 4.13. The zero-order valence-corrected chi connectivity index (χ0v) is 11.3. The molecule has 1 aromatic carbocycles. The molecule has 6 nitrogen and oxygen atoms in total. The van der Waals surface area contributed by atoms with Crippen LogP contribution in [-0.2, 0) is 6.54 Å². The van der Waals surface area contributed by atoms with Crippen molar-refractivity contribution in [1.29, 1.82) is 0 Å². The smallest absolute Gasteiger partial charge is 0.170 e. The van der Waals surface area contributed by atoms with Crippen LogP contribution in [0.4, 0.5) is 0 Å². The number of nitrogens with one attached hydrogen (secondary N) is 1. The van der Waals surface area contributed by atoms with Crippen molar-refractivity contribution in [3.8, 4) is 11.4 Å². The van der Waals surface area contributed by atoms with Crippen molar-refractivity contribution in [2.45, 2.75) is 26.8 Å². The Hall–Kier alpha value is -1.95. The van der Waals surface area contributed by atoms with E-state index in [-0.39, 0.29) is 0 Å². The van der Waals surface area contributed by atoms with Gasteiger partial charge in [0.2, 0.25) is 0 Å². The first kappa shape index (κ1) is 13.5. The summed E-state index contributed by atoms with van der Waals surface area (Å²) in [6.07, 6.45) is 1.00. The largest absolute Gasteiger partial charge is 0.494 e. The van der Waals surface area contributed by atoms with E-state index in [4.69, 9.17) is 4.74 Å². The average Bonchev–Trinajstić information content (AvgIpc) is 2.92. The van der Waals surface area contributed by atoms with Crippen LogP contribution >= 0.6 is 0 Å². The monoisotopic (exact) mass is 261 g/mol. The van der Waals surface area contributed by atoms with Crippen LogP contribution in [0.1, 0.15) is 26.1 Å². The quantitative estimate of drug-likeness (QED) is 0.819. The van der Waals surface area contributed by atoms with Crippen molar-refractivity contribution in [3.63, 3.8) is 0 Å². The molecule has 0 amide bonds. The molecule has 1 N–H and O–H groups in total. The van der Waals surface area contributed by atoms with Gasteiger partial charge in [-0.25, -0.2) is 0 Å². The topological polar surface area (TPSA) is 64.9 Å². The van der Waals surface area contributed by atoms with Gasteiger partial charge in [0.05, 0.1) is 18.8 Å². The molecule has 0 bridgehead atoms. The fraction of sp³-hybridized carbons (Fsp3) is 0.462. The molecular weight excluding hydrogens is 242 g/mol. The summed E-state index contributed by atoms with van der Waals surface area (Å²) in [7, 11) is 0. The summed E-state index contributed by atoms with van der Waals surface area (Å²) in [5.74, 6) is 1.66. The average molecular weight is 261 g/mol. The van der Waals surface area contributed by atoms with Crippen LogP contribution in [0, 0.1) is 0 Å². The van der Waals surface area contributed by atoms with Crippen LogP contribution < -0.4 is 10.1 Å². The highest BCUT2D eigenvalue weighted by molar-refractivity contribution is 5.37. The zero-order valence-electron chi connectivity index (χ0n) is 11.3. The Morgan fingerprint density at radius 1 is 1.21 bits per heavy atom. The van der Waals surface area contributed by atoms with Crippen molar-refractivity contribution >= 4 is 0 Å². The summed E-state index contributed by atoms with van der Waals surface area (Å²) in [5.41, 5.74) is 0.932. The van der Waals surface area contributed by atoms with Crippen molar-refractivity contribution in [2.75, 3.05) is 13.2 Å². The van der Waals surface area contributed by atoms with Crippen molar-refractivity contribution < 1.29 is 4.74 Å². The first-order chi connectivity index (χ1) is 9.35. The maximum absolute atomic E-state index is 5.55. The maximum Gasteiger partial charge on any atom is 0.170 e. The first-order valence-corrected chi connectivity index (χ1v) is 6.56. The minimum Gasteiger partial charge on any atom is -0.494 e. The van der Waals surface area contributed by atoms with E-state index in [9.17, 15) is 0 Å². The predicted octanol–water partition coefficient (Wildman–Crippen LogP) is 1.56. The number of ether oxygens (including phenoxy) is 1. The zero-order chi connectivity index (χ0) is 13.5. The SMILES string of the molecule is CCCOc1ccc(-n2nnnc2CNCC)cc1. The first-order valence-electron chi connectivity index (χ1n) is 6.56. The Balaban J connectivity index is 2.11. The molecule has 0 saturated heterocycles.